The van der Waals surface area contributed by atoms with Crippen molar-refractivity contribution in [3.05, 3.63) is 76.5 Å². The number of hydrogen-bond acceptors (Lipinski definition) is 4. The number of carbonyl (C=O) groups excluding carboxylic acids is 1. The van der Waals surface area contributed by atoms with Crippen LogP contribution in [0.1, 0.15) is 34.7 Å². The first-order valence-corrected chi connectivity index (χ1v) is 9.07. The van der Waals surface area contributed by atoms with E-state index >= 15 is 0 Å². The lowest BCUT2D eigenvalue weighted by Crippen LogP contribution is -2.20. The van der Waals surface area contributed by atoms with Gasteiger partial charge in [-0.2, -0.15) is 13.2 Å². The molecule has 2 aromatic rings. The predicted molar refractivity (Wildman–Crippen MR) is 109 cm³/mol. The number of amides is 1. The Labute approximate surface area is 173 Å². The van der Waals surface area contributed by atoms with E-state index in [4.69, 9.17) is 9.57 Å². The minimum absolute atomic E-state index is 0.0242. The lowest BCUT2D eigenvalue weighted by Gasteiger charge is -2.14. The van der Waals surface area contributed by atoms with E-state index in [1.54, 1.807) is 19.1 Å². The van der Waals surface area contributed by atoms with Crippen LogP contribution >= 0.6 is 0 Å². The predicted octanol–water partition coefficient (Wildman–Crippen LogP) is 4.69. The molecule has 0 atom stereocenters. The zero-order valence-corrected chi connectivity index (χ0v) is 17.1. The van der Waals surface area contributed by atoms with Crippen molar-refractivity contribution in [3.8, 4) is 0 Å². The summed E-state index contributed by atoms with van der Waals surface area (Å²) in [4.78, 5) is 17.7. The van der Waals surface area contributed by atoms with E-state index in [9.17, 15) is 18.0 Å². The Morgan fingerprint density at radius 3 is 2.53 bits per heavy atom. The van der Waals surface area contributed by atoms with Crippen LogP contribution in [0.5, 0.6) is 0 Å². The molecule has 0 fully saturated rings. The molecule has 0 aliphatic rings. The normalized spacial score (nSPS) is 12.5. The number of ether oxygens (including phenoxy) is 1. The van der Waals surface area contributed by atoms with E-state index in [1.807, 2.05) is 13.0 Å². The first kappa shape index (κ1) is 23.0. The molecule has 1 amide bonds. The molecule has 2 aromatic carbocycles. The molecule has 0 saturated carbocycles. The zero-order valence-electron chi connectivity index (χ0n) is 17.1. The van der Waals surface area contributed by atoms with Gasteiger partial charge < -0.3 is 14.9 Å². The topological polar surface area (TPSA) is 59.9 Å². The molecule has 0 spiro atoms. The lowest BCUT2D eigenvalue weighted by atomic mass is 9.96. The number of benzene rings is 2. The third-order valence-electron chi connectivity index (χ3n) is 4.43. The molecular weight excluding hydrogens is 397 g/mol. The van der Waals surface area contributed by atoms with Gasteiger partial charge in [-0.25, -0.2) is 0 Å². The Morgan fingerprint density at radius 2 is 1.90 bits per heavy atom. The highest BCUT2D eigenvalue weighted by Gasteiger charge is 2.30. The molecule has 2 rings (SSSR count). The van der Waals surface area contributed by atoms with E-state index in [-0.39, 0.29) is 12.5 Å². The Hall–Kier alpha value is -3.29. The molecule has 8 heteroatoms. The van der Waals surface area contributed by atoms with Crippen molar-refractivity contribution in [2.24, 2.45) is 5.16 Å². The van der Waals surface area contributed by atoms with Crippen LogP contribution in [0.25, 0.3) is 5.57 Å². The van der Waals surface area contributed by atoms with Crippen molar-refractivity contribution in [3.63, 3.8) is 0 Å². The number of carbonyl (C=O) groups is 1. The molecule has 30 heavy (non-hydrogen) atoms. The summed E-state index contributed by atoms with van der Waals surface area (Å²) in [5.41, 5.74) is 2.37. The van der Waals surface area contributed by atoms with Crippen LogP contribution < -0.4 is 5.32 Å². The van der Waals surface area contributed by atoms with Crippen LogP contribution in [-0.2, 0) is 27.2 Å². The fourth-order valence-electron chi connectivity index (χ4n) is 2.80. The molecule has 0 saturated heterocycles. The summed E-state index contributed by atoms with van der Waals surface area (Å²) in [7, 11) is 2.96. The van der Waals surface area contributed by atoms with Crippen LogP contribution in [0.3, 0.4) is 0 Å². The van der Waals surface area contributed by atoms with Gasteiger partial charge in [-0.15, -0.1) is 0 Å². The number of nitrogens with zero attached hydrogens (tertiary/aromatic N) is 1. The summed E-state index contributed by atoms with van der Waals surface area (Å²) < 4.78 is 43.8. The van der Waals surface area contributed by atoms with Gasteiger partial charge in [-0.3, -0.25) is 4.79 Å². The summed E-state index contributed by atoms with van der Waals surface area (Å²) in [6, 6.07) is 10.3. The maximum Gasteiger partial charge on any atom is 0.416 e. The number of methoxy groups -OCH3 is 1. The number of hydrogen-bond donors (Lipinski definition) is 1. The minimum Gasteiger partial charge on any atom is -0.504 e. The molecule has 0 bridgehead atoms. The van der Waals surface area contributed by atoms with E-state index in [2.05, 4.69) is 10.5 Å². The summed E-state index contributed by atoms with van der Waals surface area (Å²) in [6.45, 7) is 3.45. The SMILES string of the molecule is CNC(=O)/C(=C/OC)c1cccc(C)c1CO/N=C(\C)c1cccc(C(F)(F)F)c1. The first-order chi connectivity index (χ1) is 14.2. The van der Waals surface area contributed by atoms with Crippen molar-refractivity contribution in [1.82, 2.24) is 5.32 Å². The number of nitrogens with one attached hydrogen (secondary N) is 1. The van der Waals surface area contributed by atoms with Gasteiger partial charge in [0.15, 0.2) is 0 Å². The monoisotopic (exact) mass is 420 g/mol. The summed E-state index contributed by atoms with van der Waals surface area (Å²) in [5.74, 6) is -0.327. The van der Waals surface area contributed by atoms with Gasteiger partial charge in [0.25, 0.3) is 5.91 Å². The summed E-state index contributed by atoms with van der Waals surface area (Å²) in [5, 5.41) is 6.52. The quantitative estimate of drug-likeness (QED) is 0.306. The average molecular weight is 420 g/mol. The number of halogens is 3. The van der Waals surface area contributed by atoms with Gasteiger partial charge in [0, 0.05) is 12.6 Å². The van der Waals surface area contributed by atoms with Crippen LogP contribution in [0.2, 0.25) is 0 Å². The Kier molecular flexibility index (Phi) is 7.63. The Balaban J connectivity index is 2.28. The Bertz CT molecular complexity index is 966. The van der Waals surface area contributed by atoms with Gasteiger partial charge in [0.05, 0.1) is 30.2 Å². The van der Waals surface area contributed by atoms with E-state index in [1.165, 1.54) is 32.6 Å². The van der Waals surface area contributed by atoms with Crippen molar-refractivity contribution in [2.45, 2.75) is 26.6 Å². The zero-order chi connectivity index (χ0) is 22.3. The van der Waals surface area contributed by atoms with E-state index < -0.39 is 11.7 Å². The second-order valence-electron chi connectivity index (χ2n) is 6.48. The van der Waals surface area contributed by atoms with Crippen molar-refractivity contribution < 1.29 is 27.5 Å². The standard InChI is InChI=1S/C22H23F3N2O3/c1-14-7-5-10-18(20(12-29-4)21(28)26-3)19(14)13-30-27-15(2)16-8-6-9-17(11-16)22(23,24)25/h5-12H,13H2,1-4H3,(H,26,28)/b20-12+,27-15+. The molecule has 0 aliphatic heterocycles. The second kappa shape index (κ2) is 9.96. The fraction of sp³-hybridized carbons (Fsp3) is 0.273. The van der Waals surface area contributed by atoms with Gasteiger partial charge in [0.2, 0.25) is 0 Å². The molecule has 0 heterocycles. The number of rotatable bonds is 7. The molecule has 160 valence electrons. The van der Waals surface area contributed by atoms with Crippen LogP contribution in [0.4, 0.5) is 13.2 Å². The molecular formula is C22H23F3N2O3. The third kappa shape index (κ3) is 5.62. The number of oxime groups is 1. The number of likely N-dealkylation sites (N-methyl/N-ethyl adjacent to an activating group) is 1. The average Bonchev–Trinajstić information content (AvgIpc) is 2.72. The molecule has 1 N–H and O–H groups in total. The minimum atomic E-state index is -4.43. The summed E-state index contributed by atoms with van der Waals surface area (Å²) in [6.07, 6.45) is -3.09. The fourth-order valence-corrected chi connectivity index (χ4v) is 2.80. The number of alkyl halides is 3. The van der Waals surface area contributed by atoms with Crippen molar-refractivity contribution in [2.75, 3.05) is 14.2 Å². The van der Waals surface area contributed by atoms with Crippen LogP contribution in [0, 0.1) is 6.92 Å². The molecule has 0 aromatic heterocycles. The van der Waals surface area contributed by atoms with Crippen LogP contribution in [0.15, 0.2) is 53.9 Å². The largest absolute Gasteiger partial charge is 0.504 e. The van der Waals surface area contributed by atoms with Gasteiger partial charge in [-0.1, -0.05) is 35.5 Å². The highest BCUT2D eigenvalue weighted by Crippen LogP contribution is 2.29. The highest BCUT2D eigenvalue weighted by atomic mass is 19.4. The molecule has 0 aliphatic carbocycles. The molecule has 5 nitrogen and oxygen atoms in total. The maximum atomic E-state index is 12.9. The van der Waals surface area contributed by atoms with Gasteiger partial charge >= 0.3 is 6.18 Å². The van der Waals surface area contributed by atoms with Gasteiger partial charge in [0.1, 0.15) is 6.61 Å². The third-order valence-corrected chi connectivity index (χ3v) is 4.43. The van der Waals surface area contributed by atoms with Gasteiger partial charge in [-0.05, 0) is 42.7 Å². The second-order valence-corrected chi connectivity index (χ2v) is 6.48. The first-order valence-electron chi connectivity index (χ1n) is 9.07. The molecule has 0 radical (unpaired) electrons. The van der Waals surface area contributed by atoms with Crippen LogP contribution in [-0.4, -0.2) is 25.8 Å². The highest BCUT2D eigenvalue weighted by molar-refractivity contribution is 6.19. The summed E-state index contributed by atoms with van der Waals surface area (Å²) >= 11 is 0. The lowest BCUT2D eigenvalue weighted by molar-refractivity contribution is -0.137. The van der Waals surface area contributed by atoms with Crippen molar-refractivity contribution in [1.29, 1.82) is 0 Å². The van der Waals surface area contributed by atoms with E-state index in [0.29, 0.717) is 28.0 Å². The van der Waals surface area contributed by atoms with E-state index in [0.717, 1.165) is 17.7 Å². The smallest absolute Gasteiger partial charge is 0.416 e. The number of aryl methyl sites for hydroxylation is 1. The van der Waals surface area contributed by atoms with Crippen molar-refractivity contribution >= 4 is 17.2 Å². The Morgan fingerprint density at radius 1 is 1.20 bits per heavy atom. The molecule has 0 unspecified atom stereocenters. The maximum absolute atomic E-state index is 12.9.